The van der Waals surface area contributed by atoms with Crippen molar-refractivity contribution < 1.29 is 22.6 Å². The molecule has 0 bridgehead atoms. The summed E-state index contributed by atoms with van der Waals surface area (Å²) in [7, 11) is 2.75. The van der Waals surface area contributed by atoms with E-state index in [1.807, 2.05) is 0 Å². The van der Waals surface area contributed by atoms with Gasteiger partial charge in [0.1, 0.15) is 11.9 Å². The zero-order chi connectivity index (χ0) is 14.8. The van der Waals surface area contributed by atoms with Crippen LogP contribution in [-0.2, 0) is 6.18 Å². The van der Waals surface area contributed by atoms with Gasteiger partial charge in [-0.2, -0.15) is 13.2 Å². The van der Waals surface area contributed by atoms with Crippen LogP contribution < -0.4 is 9.47 Å². The summed E-state index contributed by atoms with van der Waals surface area (Å²) in [6, 6.07) is 4.82. The molecule has 0 fully saturated rings. The second-order valence-corrected chi connectivity index (χ2v) is 3.85. The molecule has 0 saturated carbocycles. The van der Waals surface area contributed by atoms with Gasteiger partial charge >= 0.3 is 6.18 Å². The Hall–Kier alpha value is -2.31. The highest BCUT2D eigenvalue weighted by atomic mass is 19.4. The first-order valence-electron chi connectivity index (χ1n) is 5.58. The van der Waals surface area contributed by atoms with Gasteiger partial charge in [0.2, 0.25) is 11.8 Å². The van der Waals surface area contributed by atoms with Crippen LogP contribution in [0.15, 0.2) is 30.6 Å². The molecule has 0 spiro atoms. The Morgan fingerprint density at radius 2 is 1.60 bits per heavy atom. The summed E-state index contributed by atoms with van der Waals surface area (Å²) in [6.07, 6.45) is -3.21. The van der Waals surface area contributed by atoms with Crippen LogP contribution in [0.25, 0.3) is 11.1 Å². The summed E-state index contributed by atoms with van der Waals surface area (Å²) in [6.45, 7) is 0. The van der Waals surface area contributed by atoms with Crippen molar-refractivity contribution in [1.82, 2.24) is 9.97 Å². The zero-order valence-corrected chi connectivity index (χ0v) is 10.7. The van der Waals surface area contributed by atoms with Gasteiger partial charge in [-0.15, -0.1) is 0 Å². The molecule has 0 aliphatic heterocycles. The smallest absolute Gasteiger partial charge is 0.416 e. The number of benzene rings is 1. The summed E-state index contributed by atoms with van der Waals surface area (Å²) >= 11 is 0. The first-order valence-corrected chi connectivity index (χ1v) is 5.58. The van der Waals surface area contributed by atoms with Crippen LogP contribution in [0.3, 0.4) is 0 Å². The summed E-state index contributed by atoms with van der Waals surface area (Å²) in [5.74, 6) is 0.298. The van der Waals surface area contributed by atoms with Crippen LogP contribution in [0.1, 0.15) is 5.56 Å². The van der Waals surface area contributed by atoms with Crippen molar-refractivity contribution >= 4 is 0 Å². The van der Waals surface area contributed by atoms with Crippen molar-refractivity contribution in [2.24, 2.45) is 0 Å². The SMILES string of the molecule is COc1ncnc(OC)c1-c1cccc(C(F)(F)F)c1. The minimum Gasteiger partial charge on any atom is -0.480 e. The van der Waals surface area contributed by atoms with E-state index < -0.39 is 11.7 Å². The van der Waals surface area contributed by atoms with Gasteiger partial charge in [-0.3, -0.25) is 0 Å². The maximum Gasteiger partial charge on any atom is 0.416 e. The zero-order valence-electron chi connectivity index (χ0n) is 10.7. The van der Waals surface area contributed by atoms with Gasteiger partial charge in [0, 0.05) is 0 Å². The molecule has 0 saturated heterocycles. The fraction of sp³-hybridized carbons (Fsp3) is 0.231. The van der Waals surface area contributed by atoms with Crippen LogP contribution in [0.4, 0.5) is 13.2 Å². The van der Waals surface area contributed by atoms with Gasteiger partial charge in [0.15, 0.2) is 0 Å². The number of nitrogens with zero attached hydrogens (tertiary/aromatic N) is 2. The number of alkyl halides is 3. The molecular formula is C13H11F3N2O2. The fourth-order valence-electron chi connectivity index (χ4n) is 1.76. The number of rotatable bonds is 3. The third-order valence-electron chi connectivity index (χ3n) is 2.64. The predicted molar refractivity (Wildman–Crippen MR) is 65.6 cm³/mol. The van der Waals surface area contributed by atoms with E-state index in [-0.39, 0.29) is 22.9 Å². The van der Waals surface area contributed by atoms with Crippen molar-refractivity contribution in [3.8, 4) is 22.9 Å². The summed E-state index contributed by atoms with van der Waals surface area (Å²) in [4.78, 5) is 7.76. The molecule has 0 radical (unpaired) electrons. The van der Waals surface area contributed by atoms with E-state index in [1.54, 1.807) is 0 Å². The average Bonchev–Trinajstić information content (AvgIpc) is 2.45. The number of methoxy groups -OCH3 is 2. The normalized spacial score (nSPS) is 11.2. The Kier molecular flexibility index (Phi) is 3.78. The van der Waals surface area contributed by atoms with Crippen LogP contribution in [0.2, 0.25) is 0 Å². The Morgan fingerprint density at radius 1 is 1.00 bits per heavy atom. The Bertz CT molecular complexity index is 593. The van der Waals surface area contributed by atoms with Crippen LogP contribution in [-0.4, -0.2) is 24.2 Å². The minimum atomic E-state index is -4.42. The molecular weight excluding hydrogens is 273 g/mol. The standard InChI is InChI=1S/C13H11F3N2O2/c1-19-11-10(12(20-2)18-7-17-11)8-4-3-5-9(6-8)13(14,15)16/h3-7H,1-2H3. The van der Waals surface area contributed by atoms with Crippen LogP contribution in [0, 0.1) is 0 Å². The number of aromatic nitrogens is 2. The molecule has 1 aromatic heterocycles. The lowest BCUT2D eigenvalue weighted by atomic mass is 10.0. The second-order valence-electron chi connectivity index (χ2n) is 3.85. The van der Waals surface area contributed by atoms with Crippen molar-refractivity contribution in [2.75, 3.05) is 14.2 Å². The lowest BCUT2D eigenvalue weighted by Crippen LogP contribution is -2.05. The Morgan fingerprint density at radius 3 is 2.10 bits per heavy atom. The van der Waals surface area contributed by atoms with E-state index in [9.17, 15) is 13.2 Å². The molecule has 2 aromatic rings. The molecule has 0 atom stereocenters. The third kappa shape index (κ3) is 2.66. The molecule has 2 rings (SSSR count). The molecule has 4 nitrogen and oxygen atoms in total. The molecule has 0 N–H and O–H groups in total. The minimum absolute atomic E-state index is 0.149. The van der Waals surface area contributed by atoms with Crippen molar-refractivity contribution in [3.05, 3.63) is 36.2 Å². The molecule has 0 amide bonds. The van der Waals surface area contributed by atoms with E-state index in [0.717, 1.165) is 12.1 Å². The maximum atomic E-state index is 12.8. The lowest BCUT2D eigenvalue weighted by Gasteiger charge is -2.13. The maximum absolute atomic E-state index is 12.8. The highest BCUT2D eigenvalue weighted by molar-refractivity contribution is 5.73. The van der Waals surface area contributed by atoms with Crippen molar-refractivity contribution in [3.63, 3.8) is 0 Å². The summed E-state index contributed by atoms with van der Waals surface area (Å²) < 4.78 is 48.4. The topological polar surface area (TPSA) is 44.2 Å². The first-order chi connectivity index (χ1) is 9.47. The number of ether oxygens (including phenoxy) is 2. The largest absolute Gasteiger partial charge is 0.480 e. The number of halogens is 3. The number of hydrogen-bond donors (Lipinski definition) is 0. The highest BCUT2D eigenvalue weighted by Crippen LogP contribution is 2.38. The van der Waals surface area contributed by atoms with Gasteiger partial charge in [-0.05, 0) is 17.7 Å². The van der Waals surface area contributed by atoms with Gasteiger partial charge in [-0.25, -0.2) is 9.97 Å². The van der Waals surface area contributed by atoms with Gasteiger partial charge in [0.25, 0.3) is 0 Å². The Balaban J connectivity index is 2.62. The van der Waals surface area contributed by atoms with E-state index in [2.05, 4.69) is 9.97 Å². The quantitative estimate of drug-likeness (QED) is 0.868. The molecule has 1 heterocycles. The fourth-order valence-corrected chi connectivity index (χ4v) is 1.76. The predicted octanol–water partition coefficient (Wildman–Crippen LogP) is 3.18. The second kappa shape index (κ2) is 5.36. The molecule has 20 heavy (non-hydrogen) atoms. The molecule has 7 heteroatoms. The summed E-state index contributed by atoms with van der Waals surface area (Å²) in [5.41, 5.74) is -0.208. The van der Waals surface area contributed by atoms with E-state index in [4.69, 9.17) is 9.47 Å². The molecule has 1 aromatic carbocycles. The Labute approximate surface area is 113 Å². The third-order valence-corrected chi connectivity index (χ3v) is 2.64. The van der Waals surface area contributed by atoms with Gasteiger partial charge in [0.05, 0.1) is 19.8 Å². The van der Waals surface area contributed by atoms with Crippen molar-refractivity contribution in [1.29, 1.82) is 0 Å². The molecule has 0 aliphatic carbocycles. The van der Waals surface area contributed by atoms with Crippen molar-refractivity contribution in [2.45, 2.75) is 6.18 Å². The molecule has 106 valence electrons. The van der Waals surface area contributed by atoms with Crippen LogP contribution >= 0.6 is 0 Å². The van der Waals surface area contributed by atoms with E-state index in [1.165, 1.54) is 32.7 Å². The monoisotopic (exact) mass is 284 g/mol. The molecule has 0 unspecified atom stereocenters. The van der Waals surface area contributed by atoms with Crippen LogP contribution in [0.5, 0.6) is 11.8 Å². The highest BCUT2D eigenvalue weighted by Gasteiger charge is 2.31. The van der Waals surface area contributed by atoms with Gasteiger partial charge in [-0.1, -0.05) is 12.1 Å². The summed E-state index contributed by atoms with van der Waals surface area (Å²) in [5, 5.41) is 0. The average molecular weight is 284 g/mol. The van der Waals surface area contributed by atoms with E-state index >= 15 is 0 Å². The lowest BCUT2D eigenvalue weighted by molar-refractivity contribution is -0.137. The molecule has 0 aliphatic rings. The number of hydrogen-bond acceptors (Lipinski definition) is 4. The van der Waals surface area contributed by atoms with Gasteiger partial charge < -0.3 is 9.47 Å². The first kappa shape index (κ1) is 14.1. The van der Waals surface area contributed by atoms with E-state index in [0.29, 0.717) is 0 Å².